The molecule has 1 aromatic heterocycles. The summed E-state index contributed by atoms with van der Waals surface area (Å²) in [7, 11) is -1.56. The molecule has 0 unspecified atom stereocenters. The van der Waals surface area contributed by atoms with Crippen molar-refractivity contribution >= 4 is 10.0 Å². The summed E-state index contributed by atoms with van der Waals surface area (Å²) in [6.45, 7) is 4.06. The second-order valence-corrected chi connectivity index (χ2v) is 7.15. The Morgan fingerprint density at radius 1 is 1.43 bits per heavy atom. The van der Waals surface area contributed by atoms with Gasteiger partial charge >= 0.3 is 0 Å². The lowest BCUT2D eigenvalue weighted by atomic mass is 10.1. The van der Waals surface area contributed by atoms with Gasteiger partial charge in [-0.3, -0.25) is 4.98 Å². The summed E-state index contributed by atoms with van der Waals surface area (Å²) < 4.78 is 27.1. The molecule has 114 valence electrons. The molecule has 21 heavy (non-hydrogen) atoms. The van der Waals surface area contributed by atoms with Gasteiger partial charge in [-0.05, 0) is 39.0 Å². The highest BCUT2D eigenvalue weighted by atomic mass is 32.2. The van der Waals surface area contributed by atoms with Crippen LogP contribution in [0.25, 0.3) is 0 Å². The number of sulfonamides is 1. The van der Waals surface area contributed by atoms with E-state index >= 15 is 0 Å². The Morgan fingerprint density at radius 3 is 2.67 bits per heavy atom. The van der Waals surface area contributed by atoms with Crippen molar-refractivity contribution in [2.75, 3.05) is 26.7 Å². The Balaban J connectivity index is 2.29. The van der Waals surface area contributed by atoms with Gasteiger partial charge in [0.05, 0.1) is 5.56 Å². The zero-order valence-corrected chi connectivity index (χ0v) is 13.2. The van der Waals surface area contributed by atoms with Crippen LogP contribution in [-0.2, 0) is 10.0 Å². The Kier molecular flexibility index (Phi) is 4.93. The van der Waals surface area contributed by atoms with Crippen molar-refractivity contribution in [1.29, 1.82) is 5.26 Å². The van der Waals surface area contributed by atoms with E-state index < -0.39 is 10.0 Å². The fraction of sp³-hybridized carbons (Fsp3) is 0.571. The monoisotopic (exact) mass is 308 g/mol. The number of likely N-dealkylation sites (tertiary alicyclic amines) is 1. The molecule has 0 saturated carbocycles. The third kappa shape index (κ3) is 3.40. The number of nitriles is 1. The van der Waals surface area contributed by atoms with Crippen LogP contribution in [0.5, 0.6) is 0 Å². The van der Waals surface area contributed by atoms with Crippen molar-refractivity contribution in [3.05, 3.63) is 24.0 Å². The van der Waals surface area contributed by atoms with Crippen LogP contribution in [0.2, 0.25) is 0 Å². The molecule has 0 aliphatic carbocycles. The molecule has 2 rings (SSSR count). The third-order valence-corrected chi connectivity index (χ3v) is 5.85. The minimum absolute atomic E-state index is 0.0157. The van der Waals surface area contributed by atoms with Crippen molar-refractivity contribution in [3.63, 3.8) is 0 Å². The lowest BCUT2D eigenvalue weighted by Gasteiger charge is -2.35. The van der Waals surface area contributed by atoms with Gasteiger partial charge in [-0.2, -0.15) is 9.57 Å². The third-order valence-electron chi connectivity index (χ3n) is 3.86. The Hall–Kier alpha value is -1.49. The van der Waals surface area contributed by atoms with Crippen LogP contribution in [0.4, 0.5) is 0 Å². The highest BCUT2D eigenvalue weighted by Gasteiger charge is 2.32. The molecule has 0 spiro atoms. The molecule has 1 saturated heterocycles. The van der Waals surface area contributed by atoms with Crippen molar-refractivity contribution in [2.45, 2.75) is 30.7 Å². The molecule has 2 heterocycles. The SMILES string of the molecule is CCN(C1CCN(C)CC1)S(=O)(=O)c1cncc(C#N)c1. The zero-order valence-electron chi connectivity index (χ0n) is 12.4. The number of piperidine rings is 1. The van der Waals surface area contributed by atoms with Gasteiger partial charge in [0.15, 0.2) is 0 Å². The zero-order chi connectivity index (χ0) is 15.5. The molecule has 1 aliphatic rings. The summed E-state index contributed by atoms with van der Waals surface area (Å²) in [6, 6.07) is 3.33. The van der Waals surface area contributed by atoms with E-state index in [1.165, 1.54) is 22.8 Å². The first kappa shape index (κ1) is 15.9. The molecule has 7 heteroatoms. The van der Waals surface area contributed by atoms with Gasteiger partial charge in [0.1, 0.15) is 11.0 Å². The van der Waals surface area contributed by atoms with Crippen LogP contribution < -0.4 is 0 Å². The summed E-state index contributed by atoms with van der Waals surface area (Å²) in [5, 5.41) is 8.90. The molecule has 1 aliphatic heterocycles. The van der Waals surface area contributed by atoms with Gasteiger partial charge in [-0.25, -0.2) is 8.42 Å². The molecular weight excluding hydrogens is 288 g/mol. The Labute approximate surface area is 126 Å². The smallest absolute Gasteiger partial charge is 0.244 e. The summed E-state index contributed by atoms with van der Waals surface area (Å²) >= 11 is 0. The molecule has 0 atom stereocenters. The van der Waals surface area contributed by atoms with Gasteiger partial charge in [0, 0.05) is 25.0 Å². The number of nitrogens with zero attached hydrogens (tertiary/aromatic N) is 4. The first-order chi connectivity index (χ1) is 9.98. The minimum Gasteiger partial charge on any atom is -0.306 e. The highest BCUT2D eigenvalue weighted by molar-refractivity contribution is 7.89. The quantitative estimate of drug-likeness (QED) is 0.831. The fourth-order valence-corrected chi connectivity index (χ4v) is 4.35. The topological polar surface area (TPSA) is 77.3 Å². The molecule has 0 radical (unpaired) electrons. The summed E-state index contributed by atoms with van der Waals surface area (Å²) in [4.78, 5) is 6.16. The van der Waals surface area contributed by atoms with E-state index in [1.54, 1.807) is 0 Å². The molecule has 0 bridgehead atoms. The van der Waals surface area contributed by atoms with Crippen LogP contribution in [0.15, 0.2) is 23.4 Å². The van der Waals surface area contributed by atoms with Gasteiger partial charge in [0.25, 0.3) is 0 Å². The lowest BCUT2D eigenvalue weighted by Crippen LogP contribution is -2.46. The molecule has 6 nitrogen and oxygen atoms in total. The van der Waals surface area contributed by atoms with Gasteiger partial charge in [0.2, 0.25) is 10.0 Å². The predicted molar refractivity (Wildman–Crippen MR) is 79.0 cm³/mol. The molecule has 1 fully saturated rings. The van der Waals surface area contributed by atoms with E-state index in [9.17, 15) is 8.42 Å². The average molecular weight is 308 g/mol. The summed E-state index contributed by atoms with van der Waals surface area (Å²) in [5.41, 5.74) is 0.260. The standard InChI is InChI=1S/C14H20N4O2S/c1-3-18(13-4-6-17(2)7-5-13)21(19,20)14-8-12(9-15)10-16-11-14/h8,10-11,13H,3-7H2,1-2H3. The minimum atomic E-state index is -3.60. The van der Waals surface area contributed by atoms with Gasteiger partial charge in [-0.15, -0.1) is 0 Å². The Morgan fingerprint density at radius 2 is 2.10 bits per heavy atom. The van der Waals surface area contributed by atoms with E-state index in [2.05, 4.69) is 9.88 Å². The number of hydrogen-bond donors (Lipinski definition) is 0. The maximum atomic E-state index is 12.8. The van der Waals surface area contributed by atoms with Crippen molar-refractivity contribution < 1.29 is 8.42 Å². The number of aromatic nitrogens is 1. The number of rotatable bonds is 4. The summed E-state index contributed by atoms with van der Waals surface area (Å²) in [5.74, 6) is 0. The second-order valence-electron chi connectivity index (χ2n) is 5.26. The number of hydrogen-bond acceptors (Lipinski definition) is 5. The van der Waals surface area contributed by atoms with E-state index in [1.807, 2.05) is 20.0 Å². The largest absolute Gasteiger partial charge is 0.306 e. The maximum Gasteiger partial charge on any atom is 0.244 e. The molecular formula is C14H20N4O2S. The van der Waals surface area contributed by atoms with E-state index in [4.69, 9.17) is 5.26 Å². The Bertz CT molecular complexity index is 631. The lowest BCUT2D eigenvalue weighted by molar-refractivity contribution is 0.186. The van der Waals surface area contributed by atoms with Crippen LogP contribution in [0.1, 0.15) is 25.3 Å². The van der Waals surface area contributed by atoms with Crippen molar-refractivity contribution in [3.8, 4) is 6.07 Å². The number of pyridine rings is 1. The average Bonchev–Trinajstić information content (AvgIpc) is 2.50. The van der Waals surface area contributed by atoms with E-state index in [0.717, 1.165) is 25.9 Å². The first-order valence-electron chi connectivity index (χ1n) is 7.04. The van der Waals surface area contributed by atoms with E-state index in [-0.39, 0.29) is 16.5 Å². The fourth-order valence-electron chi connectivity index (χ4n) is 2.66. The highest BCUT2D eigenvalue weighted by Crippen LogP contribution is 2.23. The van der Waals surface area contributed by atoms with Crippen LogP contribution >= 0.6 is 0 Å². The molecule has 0 N–H and O–H groups in total. The normalized spacial score (nSPS) is 17.8. The van der Waals surface area contributed by atoms with Crippen molar-refractivity contribution in [2.24, 2.45) is 0 Å². The van der Waals surface area contributed by atoms with Crippen molar-refractivity contribution in [1.82, 2.24) is 14.2 Å². The molecule has 1 aromatic rings. The molecule has 0 aromatic carbocycles. The second kappa shape index (κ2) is 6.52. The van der Waals surface area contributed by atoms with Crippen LogP contribution in [0, 0.1) is 11.3 Å². The van der Waals surface area contributed by atoms with Gasteiger partial charge < -0.3 is 4.90 Å². The maximum absolute atomic E-state index is 12.8. The predicted octanol–water partition coefficient (Wildman–Crippen LogP) is 1.06. The van der Waals surface area contributed by atoms with E-state index in [0.29, 0.717) is 6.54 Å². The summed E-state index contributed by atoms with van der Waals surface area (Å²) in [6.07, 6.45) is 4.34. The van der Waals surface area contributed by atoms with Gasteiger partial charge in [-0.1, -0.05) is 6.92 Å². The van der Waals surface area contributed by atoms with Crippen LogP contribution in [0.3, 0.4) is 0 Å². The first-order valence-corrected chi connectivity index (χ1v) is 8.48. The van der Waals surface area contributed by atoms with Crippen LogP contribution in [-0.4, -0.2) is 55.3 Å². The molecule has 0 amide bonds.